The molecule has 1 N–H and O–H groups in total. The van der Waals surface area contributed by atoms with Crippen molar-refractivity contribution in [1.82, 2.24) is 4.90 Å². The van der Waals surface area contributed by atoms with E-state index in [4.69, 9.17) is 14.6 Å². The quantitative estimate of drug-likeness (QED) is 0.676. The Labute approximate surface area is 152 Å². The Balaban J connectivity index is 1.84. The molecule has 7 nitrogen and oxygen atoms in total. The van der Waals surface area contributed by atoms with Gasteiger partial charge in [0.05, 0.1) is 19.6 Å². The van der Waals surface area contributed by atoms with Gasteiger partial charge in [-0.2, -0.15) is 0 Å². The van der Waals surface area contributed by atoms with Crippen LogP contribution in [0.2, 0.25) is 0 Å². The molecule has 1 amide bonds. The summed E-state index contributed by atoms with van der Waals surface area (Å²) in [4.78, 5) is 37.2. The molecular weight excluding hydrogens is 338 g/mol. The number of hydrogen-bond donors (Lipinski definition) is 1. The Morgan fingerprint density at radius 1 is 1.15 bits per heavy atom. The number of carboxylic acid groups (broad SMARTS) is 1. The lowest BCUT2D eigenvalue weighted by Crippen LogP contribution is -2.37. The first-order valence-corrected chi connectivity index (χ1v) is 8.66. The minimum absolute atomic E-state index is 0.0290. The molecule has 2 unspecified atom stereocenters. The van der Waals surface area contributed by atoms with Gasteiger partial charge in [-0.25, -0.2) is 0 Å². The maximum Gasteiger partial charge on any atom is 0.305 e. The molecule has 0 bridgehead atoms. The van der Waals surface area contributed by atoms with Crippen LogP contribution < -0.4 is 4.74 Å². The molecule has 142 valence electrons. The third-order valence-corrected chi connectivity index (χ3v) is 4.65. The number of nitrogens with zero attached hydrogens (tertiary/aromatic N) is 1. The van der Waals surface area contributed by atoms with Crippen LogP contribution in [0.15, 0.2) is 24.3 Å². The molecule has 1 aliphatic heterocycles. The molecule has 0 saturated carbocycles. The number of carbonyl (C=O) groups excluding carboxylic acids is 2. The fourth-order valence-electron chi connectivity index (χ4n) is 3.21. The van der Waals surface area contributed by atoms with Crippen LogP contribution in [-0.2, 0) is 14.3 Å². The Kier molecular flexibility index (Phi) is 7.15. The van der Waals surface area contributed by atoms with Gasteiger partial charge in [-0.3, -0.25) is 14.4 Å². The average Bonchev–Trinajstić information content (AvgIpc) is 3.03. The Morgan fingerprint density at radius 2 is 1.85 bits per heavy atom. The summed E-state index contributed by atoms with van der Waals surface area (Å²) in [5.74, 6) is -0.403. The summed E-state index contributed by atoms with van der Waals surface area (Å²) in [5, 5.41) is 9.01. The van der Waals surface area contributed by atoms with Gasteiger partial charge < -0.3 is 19.5 Å². The van der Waals surface area contributed by atoms with Crippen molar-refractivity contribution >= 4 is 17.7 Å². The van der Waals surface area contributed by atoms with Crippen molar-refractivity contribution in [3.05, 3.63) is 29.8 Å². The van der Waals surface area contributed by atoms with Crippen LogP contribution in [-0.4, -0.2) is 60.6 Å². The SMILES string of the molecule is COc1ccc(C(=O)CCCC(=O)N2CC(OC)CC2CC(=O)O)cc1. The maximum atomic E-state index is 12.4. The number of carboxylic acids is 1. The number of aliphatic carboxylic acids is 1. The second-order valence-corrected chi connectivity index (χ2v) is 6.40. The molecule has 2 atom stereocenters. The van der Waals surface area contributed by atoms with Gasteiger partial charge in [0.1, 0.15) is 5.75 Å². The number of ether oxygens (including phenoxy) is 2. The number of amides is 1. The monoisotopic (exact) mass is 363 g/mol. The fourth-order valence-corrected chi connectivity index (χ4v) is 3.21. The molecule has 0 radical (unpaired) electrons. The molecule has 1 saturated heterocycles. The Morgan fingerprint density at radius 3 is 2.42 bits per heavy atom. The van der Waals surface area contributed by atoms with Crippen molar-refractivity contribution < 1.29 is 29.0 Å². The molecule has 7 heteroatoms. The van der Waals surface area contributed by atoms with Gasteiger partial charge in [-0.1, -0.05) is 0 Å². The van der Waals surface area contributed by atoms with Crippen LogP contribution in [0.4, 0.5) is 0 Å². The van der Waals surface area contributed by atoms with E-state index in [9.17, 15) is 14.4 Å². The van der Waals surface area contributed by atoms with E-state index in [-0.39, 0.29) is 43.1 Å². The van der Waals surface area contributed by atoms with E-state index in [1.807, 2.05) is 0 Å². The number of ketones is 1. The van der Waals surface area contributed by atoms with Crippen molar-refractivity contribution in [3.63, 3.8) is 0 Å². The highest BCUT2D eigenvalue weighted by Crippen LogP contribution is 2.24. The zero-order chi connectivity index (χ0) is 19.1. The summed E-state index contributed by atoms with van der Waals surface area (Å²) in [6.45, 7) is 0.402. The smallest absolute Gasteiger partial charge is 0.305 e. The number of methoxy groups -OCH3 is 2. The number of rotatable bonds is 9. The molecule has 0 aromatic heterocycles. The van der Waals surface area contributed by atoms with Gasteiger partial charge in [0.2, 0.25) is 5.91 Å². The first-order chi connectivity index (χ1) is 12.4. The van der Waals surface area contributed by atoms with Gasteiger partial charge in [0.15, 0.2) is 5.78 Å². The second-order valence-electron chi connectivity index (χ2n) is 6.40. The Bertz CT molecular complexity index is 642. The third-order valence-electron chi connectivity index (χ3n) is 4.65. The first kappa shape index (κ1) is 19.9. The van der Waals surface area contributed by atoms with E-state index in [0.29, 0.717) is 30.7 Å². The van der Waals surface area contributed by atoms with E-state index in [0.717, 1.165) is 0 Å². The fraction of sp³-hybridized carbons (Fsp3) is 0.526. The van der Waals surface area contributed by atoms with Crippen LogP contribution >= 0.6 is 0 Å². The Hall–Kier alpha value is -2.41. The molecule has 1 aromatic carbocycles. The summed E-state index contributed by atoms with van der Waals surface area (Å²) in [6, 6.07) is 6.52. The van der Waals surface area contributed by atoms with Crippen molar-refractivity contribution in [2.24, 2.45) is 0 Å². The van der Waals surface area contributed by atoms with Crippen LogP contribution in [0.5, 0.6) is 5.75 Å². The highest BCUT2D eigenvalue weighted by Gasteiger charge is 2.36. The number of carbonyl (C=O) groups is 3. The molecule has 0 spiro atoms. The minimum atomic E-state index is -0.931. The zero-order valence-corrected chi connectivity index (χ0v) is 15.1. The minimum Gasteiger partial charge on any atom is -0.497 e. The van der Waals surface area contributed by atoms with E-state index in [1.165, 1.54) is 0 Å². The van der Waals surface area contributed by atoms with Gasteiger partial charge in [-0.15, -0.1) is 0 Å². The van der Waals surface area contributed by atoms with Crippen molar-refractivity contribution in [1.29, 1.82) is 0 Å². The van der Waals surface area contributed by atoms with Crippen LogP contribution in [0.3, 0.4) is 0 Å². The zero-order valence-electron chi connectivity index (χ0n) is 15.1. The van der Waals surface area contributed by atoms with Crippen LogP contribution in [0.25, 0.3) is 0 Å². The normalized spacial score (nSPS) is 19.4. The van der Waals surface area contributed by atoms with Crippen molar-refractivity contribution in [2.75, 3.05) is 20.8 Å². The average molecular weight is 363 g/mol. The van der Waals surface area contributed by atoms with Gasteiger partial charge in [0.25, 0.3) is 0 Å². The van der Waals surface area contributed by atoms with Crippen LogP contribution in [0, 0.1) is 0 Å². The van der Waals surface area contributed by atoms with Gasteiger partial charge in [0, 0.05) is 38.1 Å². The number of benzene rings is 1. The molecular formula is C19H25NO6. The molecule has 1 fully saturated rings. The topological polar surface area (TPSA) is 93.1 Å². The van der Waals surface area contributed by atoms with Crippen molar-refractivity contribution in [2.45, 2.75) is 44.2 Å². The lowest BCUT2D eigenvalue weighted by Gasteiger charge is -2.23. The van der Waals surface area contributed by atoms with Crippen molar-refractivity contribution in [3.8, 4) is 5.75 Å². The predicted molar refractivity (Wildman–Crippen MR) is 94.3 cm³/mol. The standard InChI is InChI=1S/C19H25NO6/c1-25-15-8-6-13(7-9-15)17(21)4-3-5-18(22)20-12-16(26-2)10-14(20)11-19(23)24/h6-9,14,16H,3-5,10-12H2,1-2H3,(H,23,24). The van der Waals surface area contributed by atoms with Gasteiger partial charge in [-0.05, 0) is 37.1 Å². The molecule has 1 heterocycles. The molecule has 0 aliphatic carbocycles. The molecule has 26 heavy (non-hydrogen) atoms. The lowest BCUT2D eigenvalue weighted by atomic mass is 10.0. The number of likely N-dealkylation sites (tertiary alicyclic amines) is 1. The largest absolute Gasteiger partial charge is 0.497 e. The molecule has 1 aromatic rings. The first-order valence-electron chi connectivity index (χ1n) is 8.66. The van der Waals surface area contributed by atoms with E-state index >= 15 is 0 Å². The summed E-state index contributed by atoms with van der Waals surface area (Å²) in [5.41, 5.74) is 0.586. The lowest BCUT2D eigenvalue weighted by molar-refractivity contribution is -0.139. The molecule has 2 rings (SSSR count). The van der Waals surface area contributed by atoms with Gasteiger partial charge >= 0.3 is 5.97 Å². The maximum absolute atomic E-state index is 12.4. The highest BCUT2D eigenvalue weighted by atomic mass is 16.5. The molecule has 1 aliphatic rings. The summed E-state index contributed by atoms with van der Waals surface area (Å²) in [7, 11) is 3.12. The highest BCUT2D eigenvalue weighted by molar-refractivity contribution is 5.96. The van der Waals surface area contributed by atoms with Crippen LogP contribution in [0.1, 0.15) is 42.5 Å². The van der Waals surface area contributed by atoms with E-state index in [1.54, 1.807) is 43.4 Å². The van der Waals surface area contributed by atoms with E-state index in [2.05, 4.69) is 0 Å². The number of Topliss-reactive ketones (excluding diaryl/α,β-unsaturated/α-hetero) is 1. The third kappa shape index (κ3) is 5.29. The second kappa shape index (κ2) is 9.33. The predicted octanol–water partition coefficient (Wildman–Crippen LogP) is 2.14. The van der Waals surface area contributed by atoms with E-state index < -0.39 is 5.97 Å². The summed E-state index contributed by atoms with van der Waals surface area (Å²) < 4.78 is 10.3. The summed E-state index contributed by atoms with van der Waals surface area (Å²) >= 11 is 0. The number of hydrogen-bond acceptors (Lipinski definition) is 5. The summed E-state index contributed by atoms with van der Waals surface area (Å²) in [6.07, 6.45) is 1.22.